The molecule has 2 rings (SSSR count). The van der Waals surface area contributed by atoms with Crippen LogP contribution in [0.25, 0.3) is 0 Å². The van der Waals surface area contributed by atoms with Gasteiger partial charge in [-0.3, -0.25) is 0 Å². The highest BCUT2D eigenvalue weighted by Gasteiger charge is 2.05. The Balaban J connectivity index is 1.88. The Bertz CT molecular complexity index is 569. The first-order valence-electron chi connectivity index (χ1n) is 6.44. The Morgan fingerprint density at radius 3 is 2.60 bits per heavy atom. The summed E-state index contributed by atoms with van der Waals surface area (Å²) >= 11 is 0. The zero-order chi connectivity index (χ0) is 14.4. The number of quaternary nitrogens is 1. The van der Waals surface area contributed by atoms with E-state index >= 15 is 0 Å². The lowest BCUT2D eigenvalue weighted by Crippen LogP contribution is -3.08. The molecule has 0 radical (unpaired) electrons. The van der Waals surface area contributed by atoms with Crippen LogP contribution in [0.3, 0.4) is 0 Å². The number of carboxylic acids is 1. The molecule has 0 aliphatic rings. The molecule has 0 saturated heterocycles. The maximum atomic E-state index is 10.8. The average Bonchev–Trinajstić information content (AvgIpc) is 2.46. The second kappa shape index (κ2) is 6.73. The Labute approximate surface area is 118 Å². The van der Waals surface area contributed by atoms with Crippen molar-refractivity contribution in [2.75, 3.05) is 13.8 Å². The second-order valence-electron chi connectivity index (χ2n) is 4.72. The number of ether oxygens (including phenoxy) is 1. The van der Waals surface area contributed by atoms with Gasteiger partial charge in [0.05, 0.1) is 13.0 Å². The lowest BCUT2D eigenvalue weighted by Gasteiger charge is -2.15. The normalized spacial score (nSPS) is 11.8. The van der Waals surface area contributed by atoms with Gasteiger partial charge < -0.3 is 19.5 Å². The highest BCUT2D eigenvalue weighted by atomic mass is 16.5. The van der Waals surface area contributed by atoms with E-state index in [-0.39, 0.29) is 5.56 Å². The molecule has 0 heterocycles. The number of carbonyl (C=O) groups is 1. The average molecular weight is 271 g/mol. The quantitative estimate of drug-likeness (QED) is 0.758. The summed E-state index contributed by atoms with van der Waals surface area (Å²) in [7, 11) is 2.02. The zero-order valence-corrected chi connectivity index (χ0v) is 11.3. The van der Waals surface area contributed by atoms with Gasteiger partial charge in [0.1, 0.15) is 12.3 Å². The first kappa shape index (κ1) is 14.1. The predicted molar refractivity (Wildman–Crippen MR) is 73.3 cm³/mol. The van der Waals surface area contributed by atoms with E-state index in [1.807, 2.05) is 25.2 Å². The van der Waals surface area contributed by atoms with Crippen molar-refractivity contribution < 1.29 is 19.5 Å². The molecule has 0 aliphatic carbocycles. The summed E-state index contributed by atoms with van der Waals surface area (Å²) in [5.74, 6) is -0.653. The minimum Gasteiger partial charge on any atom is -0.545 e. The molecule has 0 amide bonds. The summed E-state index contributed by atoms with van der Waals surface area (Å²) in [4.78, 5) is 11.9. The number of carbonyl (C=O) groups excluding carboxylic acids is 1. The van der Waals surface area contributed by atoms with Gasteiger partial charge in [-0.15, -0.1) is 0 Å². The van der Waals surface area contributed by atoms with Gasteiger partial charge >= 0.3 is 0 Å². The van der Waals surface area contributed by atoms with Crippen molar-refractivity contribution in [1.29, 1.82) is 0 Å². The fourth-order valence-corrected chi connectivity index (χ4v) is 1.91. The van der Waals surface area contributed by atoms with Crippen LogP contribution in [0.1, 0.15) is 15.9 Å². The van der Waals surface area contributed by atoms with E-state index in [9.17, 15) is 9.90 Å². The molecule has 4 nitrogen and oxygen atoms in total. The zero-order valence-electron chi connectivity index (χ0n) is 11.3. The standard InChI is InChI=1S/C16H17NO3/c1-17(11-13-6-3-2-4-7-13)12-20-15-9-5-8-14(10-15)16(18)19/h2-10H,11-12H2,1H3,(H,18,19). The monoisotopic (exact) mass is 271 g/mol. The van der Waals surface area contributed by atoms with Gasteiger partial charge in [-0.25, -0.2) is 0 Å². The van der Waals surface area contributed by atoms with E-state index in [1.54, 1.807) is 12.1 Å². The van der Waals surface area contributed by atoms with Gasteiger partial charge in [0.15, 0.2) is 0 Å². The third-order valence-electron chi connectivity index (χ3n) is 2.90. The number of rotatable bonds is 6. The molecule has 2 aromatic rings. The van der Waals surface area contributed by atoms with Gasteiger partial charge in [0.25, 0.3) is 0 Å². The lowest BCUT2D eigenvalue weighted by atomic mass is 10.2. The minimum atomic E-state index is -1.19. The van der Waals surface area contributed by atoms with Gasteiger partial charge in [-0.2, -0.15) is 0 Å². The number of benzene rings is 2. The first-order chi connectivity index (χ1) is 9.65. The highest BCUT2D eigenvalue weighted by molar-refractivity contribution is 5.86. The van der Waals surface area contributed by atoms with E-state index in [2.05, 4.69) is 12.1 Å². The van der Waals surface area contributed by atoms with Gasteiger partial charge in [0.2, 0.25) is 6.73 Å². The first-order valence-corrected chi connectivity index (χ1v) is 6.44. The van der Waals surface area contributed by atoms with Crippen LogP contribution in [0.2, 0.25) is 0 Å². The minimum absolute atomic E-state index is 0.128. The van der Waals surface area contributed by atoms with E-state index in [1.165, 1.54) is 22.6 Å². The molecule has 0 fully saturated rings. The van der Waals surface area contributed by atoms with Crippen molar-refractivity contribution in [1.82, 2.24) is 0 Å². The maximum absolute atomic E-state index is 10.8. The molecular formula is C16H17NO3. The second-order valence-corrected chi connectivity index (χ2v) is 4.72. The van der Waals surface area contributed by atoms with Gasteiger partial charge in [-0.05, 0) is 12.1 Å². The summed E-state index contributed by atoms with van der Waals surface area (Å²) in [6, 6.07) is 16.5. The van der Waals surface area contributed by atoms with Crippen LogP contribution in [-0.4, -0.2) is 19.7 Å². The van der Waals surface area contributed by atoms with Crippen LogP contribution in [0.5, 0.6) is 5.75 Å². The van der Waals surface area contributed by atoms with Crippen molar-refractivity contribution in [3.8, 4) is 5.75 Å². The Kier molecular flexibility index (Phi) is 4.74. The third-order valence-corrected chi connectivity index (χ3v) is 2.90. The molecule has 0 saturated carbocycles. The van der Waals surface area contributed by atoms with Gasteiger partial charge in [0, 0.05) is 11.1 Å². The molecule has 2 aromatic carbocycles. The molecule has 1 N–H and O–H groups in total. The molecule has 4 heteroatoms. The summed E-state index contributed by atoms with van der Waals surface area (Å²) < 4.78 is 5.60. The topological polar surface area (TPSA) is 53.8 Å². The summed E-state index contributed by atoms with van der Waals surface area (Å²) in [6.07, 6.45) is 0. The van der Waals surface area contributed by atoms with Crippen LogP contribution in [0, 0.1) is 0 Å². The van der Waals surface area contributed by atoms with E-state index in [4.69, 9.17) is 4.74 Å². The highest BCUT2D eigenvalue weighted by Crippen LogP contribution is 2.11. The molecule has 1 unspecified atom stereocenters. The summed E-state index contributed by atoms with van der Waals surface area (Å²) in [5, 5.41) is 10.8. The Morgan fingerprint density at radius 1 is 1.15 bits per heavy atom. The van der Waals surface area contributed by atoms with E-state index in [0.29, 0.717) is 12.5 Å². The van der Waals surface area contributed by atoms with Crippen molar-refractivity contribution in [3.05, 3.63) is 65.7 Å². The molecule has 104 valence electrons. The molecule has 0 spiro atoms. The molecule has 20 heavy (non-hydrogen) atoms. The fraction of sp³-hybridized carbons (Fsp3) is 0.188. The molecule has 0 aliphatic heterocycles. The number of nitrogens with one attached hydrogen (secondary N) is 1. The van der Waals surface area contributed by atoms with E-state index in [0.717, 1.165) is 6.54 Å². The van der Waals surface area contributed by atoms with Crippen LogP contribution in [0.15, 0.2) is 54.6 Å². The number of carboxylic acid groups (broad SMARTS) is 1. The molecule has 1 atom stereocenters. The Hall–Kier alpha value is -2.33. The van der Waals surface area contributed by atoms with Crippen molar-refractivity contribution in [2.24, 2.45) is 0 Å². The van der Waals surface area contributed by atoms with Gasteiger partial charge in [-0.1, -0.05) is 42.5 Å². The van der Waals surface area contributed by atoms with Crippen molar-refractivity contribution in [3.63, 3.8) is 0 Å². The molecule has 0 bridgehead atoms. The molecular weight excluding hydrogens is 254 g/mol. The maximum Gasteiger partial charge on any atom is 0.222 e. The Morgan fingerprint density at radius 2 is 1.90 bits per heavy atom. The summed E-state index contributed by atoms with van der Waals surface area (Å²) in [5.41, 5.74) is 1.36. The lowest BCUT2D eigenvalue weighted by molar-refractivity contribution is -0.909. The van der Waals surface area contributed by atoms with Crippen molar-refractivity contribution >= 4 is 5.97 Å². The largest absolute Gasteiger partial charge is 0.545 e. The van der Waals surface area contributed by atoms with Crippen molar-refractivity contribution in [2.45, 2.75) is 6.54 Å². The SMILES string of the molecule is C[NH+](COc1cccc(C(=O)[O-])c1)Cc1ccccc1. The van der Waals surface area contributed by atoms with E-state index < -0.39 is 5.97 Å². The fourth-order valence-electron chi connectivity index (χ4n) is 1.91. The third kappa shape index (κ3) is 4.10. The van der Waals surface area contributed by atoms with Crippen LogP contribution >= 0.6 is 0 Å². The van der Waals surface area contributed by atoms with Crippen LogP contribution < -0.4 is 14.7 Å². The number of hydrogen-bond acceptors (Lipinski definition) is 3. The van der Waals surface area contributed by atoms with Crippen LogP contribution in [0.4, 0.5) is 0 Å². The number of hydrogen-bond donors (Lipinski definition) is 1. The smallest absolute Gasteiger partial charge is 0.222 e. The van der Waals surface area contributed by atoms with Crippen LogP contribution in [-0.2, 0) is 6.54 Å². The number of aromatic carboxylic acids is 1. The summed E-state index contributed by atoms with van der Waals surface area (Å²) in [6.45, 7) is 1.31. The molecule has 0 aromatic heterocycles. The predicted octanol–water partition coefficient (Wildman–Crippen LogP) is 0.101.